The molecule has 0 amide bonds. The Morgan fingerprint density at radius 3 is 2.93 bits per heavy atom. The molecule has 0 bridgehead atoms. The van der Waals surface area contributed by atoms with Crippen LogP contribution in [0, 0.1) is 0 Å². The molecule has 156 valence electrons. The Balaban J connectivity index is 1.69. The van der Waals surface area contributed by atoms with Gasteiger partial charge in [-0.15, -0.1) is 0 Å². The van der Waals surface area contributed by atoms with Crippen LogP contribution in [0.15, 0.2) is 29.1 Å². The Kier molecular flexibility index (Phi) is 5.85. The topological polar surface area (TPSA) is 52.5 Å². The minimum absolute atomic E-state index is 0.0134. The number of ether oxygens (including phenoxy) is 2. The molecule has 1 unspecified atom stereocenters. The number of benzene rings is 1. The average molecular weight is 404 g/mol. The van der Waals surface area contributed by atoms with Crippen molar-refractivity contribution in [3.05, 3.63) is 45.6 Å². The number of pyridine rings is 1. The molecule has 1 atom stereocenters. The Hall–Kier alpha value is -2.41. The maximum Gasteiger partial charge on any atom is 0.272 e. The Labute approximate surface area is 168 Å². The molecule has 0 aliphatic carbocycles. The van der Waals surface area contributed by atoms with Crippen LogP contribution in [-0.4, -0.2) is 36.9 Å². The first-order chi connectivity index (χ1) is 14.1. The minimum Gasteiger partial charge on any atom is -0.488 e. The lowest BCUT2D eigenvalue weighted by Gasteiger charge is -2.28. The van der Waals surface area contributed by atoms with Crippen molar-refractivity contribution < 1.29 is 18.3 Å². The lowest BCUT2D eigenvalue weighted by Crippen LogP contribution is -2.27. The van der Waals surface area contributed by atoms with E-state index in [1.165, 1.54) is 0 Å². The highest BCUT2D eigenvalue weighted by Crippen LogP contribution is 2.35. The number of aryl methyl sites for hydroxylation is 1. The number of aromatic nitrogens is 1. The van der Waals surface area contributed by atoms with Crippen LogP contribution in [0.3, 0.4) is 0 Å². The highest BCUT2D eigenvalue weighted by atomic mass is 19.3. The summed E-state index contributed by atoms with van der Waals surface area (Å²) in [5.74, 6) is 1.24. The molecule has 29 heavy (non-hydrogen) atoms. The van der Waals surface area contributed by atoms with Crippen molar-refractivity contribution >= 4 is 5.82 Å². The molecule has 5 nitrogen and oxygen atoms in total. The SMILES string of the molecule is CCc1c2n(c(NCC3CCCO3)cc1=O)CCc1cc(OCC(F)F)ccc1-2. The molecule has 0 spiro atoms. The standard InChI is InChI=1S/C22H26F2N2O3/c1-2-17-19(27)11-21(25-12-16-4-3-9-28-16)26-8-7-14-10-15(29-13-20(23)24)5-6-18(14)22(17)26/h5-6,10-11,16,20,25H,2-4,7-9,12-13H2,1H3. The zero-order chi connectivity index (χ0) is 20.4. The van der Waals surface area contributed by atoms with Crippen molar-refractivity contribution in [2.45, 2.75) is 51.7 Å². The molecule has 3 heterocycles. The number of hydrogen-bond acceptors (Lipinski definition) is 4. The van der Waals surface area contributed by atoms with Gasteiger partial charge < -0.3 is 19.4 Å². The molecule has 0 radical (unpaired) electrons. The van der Waals surface area contributed by atoms with Gasteiger partial charge >= 0.3 is 0 Å². The highest BCUT2D eigenvalue weighted by molar-refractivity contribution is 5.72. The van der Waals surface area contributed by atoms with Crippen LogP contribution in [0.5, 0.6) is 5.75 Å². The van der Waals surface area contributed by atoms with Crippen LogP contribution in [0.2, 0.25) is 0 Å². The predicted molar refractivity (Wildman–Crippen MR) is 108 cm³/mol. The van der Waals surface area contributed by atoms with Crippen molar-refractivity contribution in [1.82, 2.24) is 4.57 Å². The van der Waals surface area contributed by atoms with Gasteiger partial charge in [0.25, 0.3) is 6.43 Å². The van der Waals surface area contributed by atoms with E-state index < -0.39 is 13.0 Å². The van der Waals surface area contributed by atoms with Gasteiger partial charge in [0.1, 0.15) is 18.2 Å². The van der Waals surface area contributed by atoms with Gasteiger partial charge in [-0.1, -0.05) is 6.92 Å². The predicted octanol–water partition coefficient (Wildman–Crippen LogP) is 3.87. The monoisotopic (exact) mass is 404 g/mol. The van der Waals surface area contributed by atoms with Gasteiger partial charge in [-0.05, 0) is 49.4 Å². The molecular formula is C22H26F2N2O3. The van der Waals surface area contributed by atoms with Gasteiger partial charge in [-0.2, -0.15) is 0 Å². The van der Waals surface area contributed by atoms with Gasteiger partial charge in [0.05, 0.1) is 11.8 Å². The molecule has 4 rings (SSSR count). The number of anilines is 1. The van der Waals surface area contributed by atoms with E-state index in [1.54, 1.807) is 12.1 Å². The van der Waals surface area contributed by atoms with Gasteiger partial charge in [-0.25, -0.2) is 8.78 Å². The highest BCUT2D eigenvalue weighted by Gasteiger charge is 2.24. The van der Waals surface area contributed by atoms with Crippen molar-refractivity contribution in [3.8, 4) is 17.0 Å². The first-order valence-electron chi connectivity index (χ1n) is 10.2. The second-order valence-corrected chi connectivity index (χ2v) is 7.51. The number of nitrogens with one attached hydrogen (secondary N) is 1. The maximum absolute atomic E-state index is 12.8. The lowest BCUT2D eigenvalue weighted by atomic mass is 9.93. The van der Waals surface area contributed by atoms with Crippen molar-refractivity contribution in [2.75, 3.05) is 25.1 Å². The summed E-state index contributed by atoms with van der Waals surface area (Å²) in [6.45, 7) is 3.54. The fourth-order valence-electron chi connectivity index (χ4n) is 4.23. The van der Waals surface area contributed by atoms with E-state index in [4.69, 9.17) is 9.47 Å². The fourth-order valence-corrected chi connectivity index (χ4v) is 4.23. The van der Waals surface area contributed by atoms with E-state index in [1.807, 2.05) is 19.1 Å². The molecule has 1 aromatic carbocycles. The number of nitrogens with zero attached hydrogens (tertiary/aromatic N) is 1. The van der Waals surface area contributed by atoms with Crippen molar-refractivity contribution in [2.24, 2.45) is 0 Å². The molecule has 2 aromatic rings. The summed E-state index contributed by atoms with van der Waals surface area (Å²) in [6, 6.07) is 7.08. The van der Waals surface area contributed by atoms with Gasteiger partial charge in [0, 0.05) is 36.9 Å². The number of halogens is 2. The number of alkyl halides is 2. The van der Waals surface area contributed by atoms with E-state index in [0.29, 0.717) is 25.3 Å². The van der Waals surface area contributed by atoms with Crippen molar-refractivity contribution in [1.29, 1.82) is 0 Å². The summed E-state index contributed by atoms with van der Waals surface area (Å²) >= 11 is 0. The summed E-state index contributed by atoms with van der Waals surface area (Å²) < 4.78 is 37.9. The van der Waals surface area contributed by atoms with Crippen LogP contribution >= 0.6 is 0 Å². The summed E-state index contributed by atoms with van der Waals surface area (Å²) in [4.78, 5) is 12.8. The van der Waals surface area contributed by atoms with Gasteiger partial charge in [0.15, 0.2) is 5.43 Å². The van der Waals surface area contributed by atoms with Gasteiger partial charge in [-0.3, -0.25) is 4.79 Å². The fraction of sp³-hybridized carbons (Fsp3) is 0.500. The maximum atomic E-state index is 12.8. The summed E-state index contributed by atoms with van der Waals surface area (Å²) in [5, 5.41) is 3.41. The number of rotatable bonds is 7. The third-order valence-electron chi connectivity index (χ3n) is 5.61. The molecule has 1 fully saturated rings. The van der Waals surface area contributed by atoms with E-state index in [9.17, 15) is 13.6 Å². The number of fused-ring (bicyclic) bond motifs is 3. The smallest absolute Gasteiger partial charge is 0.272 e. The Bertz CT molecular complexity index is 936. The molecule has 2 aliphatic rings. The van der Waals surface area contributed by atoms with E-state index in [0.717, 1.165) is 54.1 Å². The zero-order valence-corrected chi connectivity index (χ0v) is 16.5. The lowest BCUT2D eigenvalue weighted by molar-refractivity contribution is 0.0818. The molecule has 1 saturated heterocycles. The zero-order valence-electron chi connectivity index (χ0n) is 16.5. The van der Waals surface area contributed by atoms with Gasteiger partial charge in [0.2, 0.25) is 0 Å². The first kappa shape index (κ1) is 19.9. The van der Waals surface area contributed by atoms with Crippen LogP contribution in [0.25, 0.3) is 11.3 Å². The molecular weight excluding hydrogens is 378 g/mol. The van der Waals surface area contributed by atoms with Crippen LogP contribution in [0.4, 0.5) is 14.6 Å². The Morgan fingerprint density at radius 2 is 2.21 bits per heavy atom. The van der Waals surface area contributed by atoms with E-state index >= 15 is 0 Å². The molecule has 7 heteroatoms. The van der Waals surface area contributed by atoms with Crippen LogP contribution in [0.1, 0.15) is 30.9 Å². The largest absolute Gasteiger partial charge is 0.488 e. The third-order valence-corrected chi connectivity index (χ3v) is 5.61. The van der Waals surface area contributed by atoms with Crippen molar-refractivity contribution in [3.63, 3.8) is 0 Å². The molecule has 1 aromatic heterocycles. The summed E-state index contributed by atoms with van der Waals surface area (Å²) in [7, 11) is 0. The average Bonchev–Trinajstić information content (AvgIpc) is 3.23. The normalized spacial score (nSPS) is 17.9. The minimum atomic E-state index is -2.51. The molecule has 0 saturated carbocycles. The Morgan fingerprint density at radius 1 is 1.34 bits per heavy atom. The first-order valence-corrected chi connectivity index (χ1v) is 10.2. The quantitative estimate of drug-likeness (QED) is 0.761. The summed E-state index contributed by atoms with van der Waals surface area (Å²) in [5.41, 5.74) is 3.68. The second kappa shape index (κ2) is 8.53. The van der Waals surface area contributed by atoms with E-state index in [2.05, 4.69) is 9.88 Å². The molecule has 1 N–H and O–H groups in total. The second-order valence-electron chi connectivity index (χ2n) is 7.51. The number of hydrogen-bond donors (Lipinski definition) is 1. The summed E-state index contributed by atoms with van der Waals surface area (Å²) in [6.07, 6.45) is 1.15. The van der Waals surface area contributed by atoms with E-state index in [-0.39, 0.29) is 11.5 Å². The molecule has 2 aliphatic heterocycles. The van der Waals surface area contributed by atoms with Crippen LogP contribution in [-0.2, 0) is 24.1 Å². The third kappa shape index (κ3) is 4.15. The van der Waals surface area contributed by atoms with Crippen LogP contribution < -0.4 is 15.5 Å².